The molecule has 0 saturated carbocycles. The predicted molar refractivity (Wildman–Crippen MR) is 80.1 cm³/mol. The SMILES string of the molecule is CCNCc1c(C)nn(Cc2ccc(Br)cn2)c1C. The van der Waals surface area contributed by atoms with Crippen LogP contribution in [0, 0.1) is 13.8 Å². The molecule has 0 amide bonds. The van der Waals surface area contributed by atoms with Gasteiger partial charge in [0.1, 0.15) is 0 Å². The first kappa shape index (κ1) is 14.2. The van der Waals surface area contributed by atoms with E-state index in [-0.39, 0.29) is 0 Å². The van der Waals surface area contributed by atoms with Crippen LogP contribution in [0.15, 0.2) is 22.8 Å². The van der Waals surface area contributed by atoms with Gasteiger partial charge in [-0.25, -0.2) is 0 Å². The van der Waals surface area contributed by atoms with E-state index in [0.29, 0.717) is 6.54 Å². The summed E-state index contributed by atoms with van der Waals surface area (Å²) in [6, 6.07) is 4.03. The second kappa shape index (κ2) is 6.30. The van der Waals surface area contributed by atoms with Crippen molar-refractivity contribution in [3.05, 3.63) is 45.4 Å². The minimum Gasteiger partial charge on any atom is -0.313 e. The highest BCUT2D eigenvalue weighted by molar-refractivity contribution is 9.10. The molecule has 0 fully saturated rings. The molecule has 19 heavy (non-hydrogen) atoms. The maximum Gasteiger partial charge on any atom is 0.0834 e. The quantitative estimate of drug-likeness (QED) is 0.920. The van der Waals surface area contributed by atoms with Crippen LogP contribution in [0.5, 0.6) is 0 Å². The second-order valence-electron chi connectivity index (χ2n) is 4.56. The van der Waals surface area contributed by atoms with Gasteiger partial charge in [0.25, 0.3) is 0 Å². The van der Waals surface area contributed by atoms with E-state index >= 15 is 0 Å². The Balaban J connectivity index is 2.19. The van der Waals surface area contributed by atoms with Crippen LogP contribution in [0.1, 0.15) is 29.6 Å². The molecular formula is C14H19BrN4. The first-order valence-corrected chi connectivity index (χ1v) is 7.25. The van der Waals surface area contributed by atoms with Crippen molar-refractivity contribution in [1.29, 1.82) is 0 Å². The largest absolute Gasteiger partial charge is 0.313 e. The summed E-state index contributed by atoms with van der Waals surface area (Å²) in [5.41, 5.74) is 4.61. The van der Waals surface area contributed by atoms with E-state index in [9.17, 15) is 0 Å². The molecule has 0 unspecified atom stereocenters. The van der Waals surface area contributed by atoms with Gasteiger partial charge in [0, 0.05) is 28.5 Å². The van der Waals surface area contributed by atoms with Gasteiger partial charge in [-0.05, 0) is 48.5 Å². The Kier molecular flexibility index (Phi) is 4.71. The predicted octanol–water partition coefficient (Wildman–Crippen LogP) is 2.82. The molecule has 4 nitrogen and oxygen atoms in total. The van der Waals surface area contributed by atoms with E-state index in [4.69, 9.17) is 0 Å². The summed E-state index contributed by atoms with van der Waals surface area (Å²) in [5, 5.41) is 7.96. The fraction of sp³-hybridized carbons (Fsp3) is 0.429. The van der Waals surface area contributed by atoms with Gasteiger partial charge in [-0.2, -0.15) is 5.10 Å². The maximum atomic E-state index is 4.61. The fourth-order valence-corrected chi connectivity index (χ4v) is 2.28. The number of nitrogens with zero attached hydrogens (tertiary/aromatic N) is 3. The number of nitrogens with one attached hydrogen (secondary N) is 1. The number of pyridine rings is 1. The van der Waals surface area contributed by atoms with Gasteiger partial charge >= 0.3 is 0 Å². The lowest BCUT2D eigenvalue weighted by Crippen LogP contribution is -2.13. The standard InChI is InChI=1S/C14H19BrN4/c1-4-16-8-14-10(2)18-19(11(14)3)9-13-6-5-12(15)7-17-13/h5-7,16H,4,8-9H2,1-3H3. The molecule has 0 aliphatic carbocycles. The minimum atomic E-state index is 0.714. The zero-order chi connectivity index (χ0) is 13.8. The van der Waals surface area contributed by atoms with E-state index in [1.807, 2.05) is 23.0 Å². The van der Waals surface area contributed by atoms with Crippen LogP contribution >= 0.6 is 15.9 Å². The van der Waals surface area contributed by atoms with Crippen molar-refractivity contribution in [2.45, 2.75) is 33.9 Å². The van der Waals surface area contributed by atoms with Gasteiger partial charge in [-0.1, -0.05) is 6.92 Å². The zero-order valence-corrected chi connectivity index (χ0v) is 13.2. The van der Waals surface area contributed by atoms with Crippen molar-refractivity contribution >= 4 is 15.9 Å². The number of aryl methyl sites for hydroxylation is 1. The zero-order valence-electron chi connectivity index (χ0n) is 11.6. The topological polar surface area (TPSA) is 42.7 Å². The molecule has 0 aliphatic rings. The number of aromatic nitrogens is 3. The highest BCUT2D eigenvalue weighted by Gasteiger charge is 2.11. The minimum absolute atomic E-state index is 0.714. The Labute approximate surface area is 122 Å². The van der Waals surface area contributed by atoms with Crippen LogP contribution in [-0.4, -0.2) is 21.3 Å². The van der Waals surface area contributed by atoms with Crippen molar-refractivity contribution < 1.29 is 0 Å². The van der Waals surface area contributed by atoms with Crippen molar-refractivity contribution in [2.24, 2.45) is 0 Å². The van der Waals surface area contributed by atoms with Gasteiger partial charge < -0.3 is 5.32 Å². The molecule has 0 radical (unpaired) electrons. The first-order valence-electron chi connectivity index (χ1n) is 6.45. The third-order valence-electron chi connectivity index (χ3n) is 3.18. The second-order valence-corrected chi connectivity index (χ2v) is 5.47. The lowest BCUT2D eigenvalue weighted by molar-refractivity contribution is 0.643. The van der Waals surface area contributed by atoms with Gasteiger partial charge in [0.2, 0.25) is 0 Å². The van der Waals surface area contributed by atoms with Crippen LogP contribution in [0.25, 0.3) is 0 Å². The van der Waals surface area contributed by atoms with Crippen molar-refractivity contribution in [3.63, 3.8) is 0 Å². The molecule has 0 spiro atoms. The normalized spacial score (nSPS) is 10.9. The summed E-state index contributed by atoms with van der Waals surface area (Å²) < 4.78 is 3.02. The summed E-state index contributed by atoms with van der Waals surface area (Å²) in [5.74, 6) is 0. The highest BCUT2D eigenvalue weighted by Crippen LogP contribution is 2.15. The molecule has 2 heterocycles. The van der Waals surface area contributed by atoms with Crippen LogP contribution in [-0.2, 0) is 13.1 Å². The van der Waals surface area contributed by atoms with E-state index in [1.165, 1.54) is 11.3 Å². The maximum absolute atomic E-state index is 4.61. The van der Waals surface area contributed by atoms with Crippen molar-refractivity contribution in [1.82, 2.24) is 20.1 Å². The lowest BCUT2D eigenvalue weighted by atomic mass is 10.2. The summed E-state index contributed by atoms with van der Waals surface area (Å²) in [6.45, 7) is 8.85. The van der Waals surface area contributed by atoms with E-state index in [1.54, 1.807) is 0 Å². The summed E-state index contributed by atoms with van der Waals surface area (Å²) in [7, 11) is 0. The van der Waals surface area contributed by atoms with Gasteiger partial charge in [-0.3, -0.25) is 9.67 Å². The van der Waals surface area contributed by atoms with Crippen LogP contribution < -0.4 is 5.32 Å². The third-order valence-corrected chi connectivity index (χ3v) is 3.65. The Morgan fingerprint density at radius 2 is 2.11 bits per heavy atom. The highest BCUT2D eigenvalue weighted by atomic mass is 79.9. The van der Waals surface area contributed by atoms with Gasteiger partial charge in [0.15, 0.2) is 0 Å². The molecule has 0 bridgehead atoms. The molecule has 2 rings (SSSR count). The van der Waals surface area contributed by atoms with Crippen LogP contribution in [0.3, 0.4) is 0 Å². The van der Waals surface area contributed by atoms with E-state index < -0.39 is 0 Å². The fourth-order valence-electron chi connectivity index (χ4n) is 2.05. The molecule has 2 aromatic heterocycles. The number of hydrogen-bond donors (Lipinski definition) is 1. The average Bonchev–Trinajstić information content (AvgIpc) is 2.65. The Morgan fingerprint density at radius 3 is 2.74 bits per heavy atom. The van der Waals surface area contributed by atoms with Gasteiger partial charge in [-0.15, -0.1) is 0 Å². The van der Waals surface area contributed by atoms with Crippen molar-refractivity contribution in [3.8, 4) is 0 Å². The summed E-state index contributed by atoms with van der Waals surface area (Å²) in [4.78, 5) is 4.39. The number of rotatable bonds is 5. The van der Waals surface area contributed by atoms with Crippen LogP contribution in [0.4, 0.5) is 0 Å². The van der Waals surface area contributed by atoms with E-state index in [2.05, 4.69) is 52.1 Å². The molecule has 0 saturated heterocycles. The van der Waals surface area contributed by atoms with Gasteiger partial charge in [0.05, 0.1) is 17.9 Å². The summed E-state index contributed by atoms with van der Waals surface area (Å²) >= 11 is 3.40. The molecule has 1 N–H and O–H groups in total. The number of halogens is 1. The third kappa shape index (κ3) is 3.42. The molecule has 5 heteroatoms. The smallest absolute Gasteiger partial charge is 0.0834 e. The summed E-state index contributed by atoms with van der Waals surface area (Å²) in [6.07, 6.45) is 1.82. The average molecular weight is 323 g/mol. The molecule has 0 atom stereocenters. The molecule has 102 valence electrons. The molecular weight excluding hydrogens is 304 g/mol. The Hall–Kier alpha value is -1.20. The molecule has 0 aromatic carbocycles. The Bertz CT molecular complexity index is 545. The molecule has 0 aliphatic heterocycles. The molecule has 2 aromatic rings. The number of hydrogen-bond acceptors (Lipinski definition) is 3. The Morgan fingerprint density at radius 1 is 1.32 bits per heavy atom. The monoisotopic (exact) mass is 322 g/mol. The lowest BCUT2D eigenvalue weighted by Gasteiger charge is -2.06. The van der Waals surface area contributed by atoms with Crippen molar-refractivity contribution in [2.75, 3.05) is 6.54 Å². The first-order chi connectivity index (χ1) is 9.11. The van der Waals surface area contributed by atoms with E-state index in [0.717, 1.165) is 29.0 Å². The van der Waals surface area contributed by atoms with Crippen LogP contribution in [0.2, 0.25) is 0 Å².